The molecule has 0 aliphatic carbocycles. The molecule has 0 unspecified atom stereocenters. The summed E-state index contributed by atoms with van der Waals surface area (Å²) >= 11 is 3.46. The molecule has 0 radical (unpaired) electrons. The summed E-state index contributed by atoms with van der Waals surface area (Å²) in [6.45, 7) is 4.07. The van der Waals surface area contributed by atoms with Crippen molar-refractivity contribution in [2.75, 3.05) is 0 Å². The monoisotopic (exact) mass is 235 g/mol. The van der Waals surface area contributed by atoms with E-state index in [4.69, 9.17) is 0 Å². The molecule has 13 heavy (non-hydrogen) atoms. The van der Waals surface area contributed by atoms with E-state index in [1.807, 2.05) is 19.9 Å². The summed E-state index contributed by atoms with van der Waals surface area (Å²) < 4.78 is 1.12. The fourth-order valence-electron chi connectivity index (χ4n) is 1.56. The zero-order chi connectivity index (χ0) is 9.42. The number of hydrogen-bond donors (Lipinski definition) is 0. The summed E-state index contributed by atoms with van der Waals surface area (Å²) in [4.78, 5) is 4.42. The van der Waals surface area contributed by atoms with Gasteiger partial charge in [0.25, 0.3) is 0 Å². The van der Waals surface area contributed by atoms with Crippen LogP contribution in [0.3, 0.4) is 0 Å². The molecule has 0 bridgehead atoms. The van der Waals surface area contributed by atoms with Crippen LogP contribution < -0.4 is 0 Å². The van der Waals surface area contributed by atoms with Crippen molar-refractivity contribution >= 4 is 26.7 Å². The molecule has 1 nitrogen and oxygen atoms in total. The third kappa shape index (κ3) is 1.59. The van der Waals surface area contributed by atoms with Gasteiger partial charge < -0.3 is 0 Å². The second-order valence-corrected chi connectivity index (χ2v) is 4.13. The van der Waals surface area contributed by atoms with Crippen LogP contribution in [0.5, 0.6) is 0 Å². The highest BCUT2D eigenvalue weighted by Gasteiger charge is 1.99. The van der Waals surface area contributed by atoms with Gasteiger partial charge >= 0.3 is 0 Å². The lowest BCUT2D eigenvalue weighted by molar-refractivity contribution is 1.15. The second kappa shape index (κ2) is 3.11. The first-order chi connectivity index (χ1) is 6.16. The predicted octanol–water partition coefficient (Wildman–Crippen LogP) is 3.61. The van der Waals surface area contributed by atoms with Crippen molar-refractivity contribution in [1.29, 1.82) is 0 Å². The van der Waals surface area contributed by atoms with Crippen molar-refractivity contribution in [2.24, 2.45) is 0 Å². The van der Waals surface area contributed by atoms with E-state index in [-0.39, 0.29) is 0 Å². The van der Waals surface area contributed by atoms with Crippen molar-refractivity contribution in [1.82, 2.24) is 4.98 Å². The molecule has 1 aromatic carbocycles. The minimum Gasteiger partial charge on any atom is -0.258 e. The zero-order valence-corrected chi connectivity index (χ0v) is 9.22. The highest BCUT2D eigenvalue weighted by molar-refractivity contribution is 9.10. The first-order valence-corrected chi connectivity index (χ1v) is 4.99. The van der Waals surface area contributed by atoms with E-state index in [1.165, 1.54) is 10.8 Å². The molecule has 0 atom stereocenters. The van der Waals surface area contributed by atoms with Crippen molar-refractivity contribution in [3.63, 3.8) is 0 Å². The molecule has 2 rings (SSSR count). The molecule has 0 N–H and O–H groups in total. The van der Waals surface area contributed by atoms with Crippen molar-refractivity contribution in [3.8, 4) is 0 Å². The van der Waals surface area contributed by atoms with Gasteiger partial charge in [-0.05, 0) is 37.4 Å². The molecule has 66 valence electrons. The quantitative estimate of drug-likeness (QED) is 0.680. The van der Waals surface area contributed by atoms with Gasteiger partial charge in [0, 0.05) is 21.2 Å². The molecule has 2 heteroatoms. The Labute approximate surface area is 85.9 Å². The molecule has 1 aromatic heterocycles. The van der Waals surface area contributed by atoms with Crippen LogP contribution in [0.15, 0.2) is 28.7 Å². The highest BCUT2D eigenvalue weighted by Crippen LogP contribution is 2.22. The zero-order valence-electron chi connectivity index (χ0n) is 7.63. The second-order valence-electron chi connectivity index (χ2n) is 3.21. The Morgan fingerprint density at radius 2 is 1.92 bits per heavy atom. The summed E-state index contributed by atoms with van der Waals surface area (Å²) in [5.74, 6) is 0. The number of pyridine rings is 1. The minimum absolute atomic E-state index is 1.07. The van der Waals surface area contributed by atoms with E-state index in [0.717, 1.165) is 15.9 Å². The van der Waals surface area contributed by atoms with Crippen LogP contribution >= 0.6 is 15.9 Å². The van der Waals surface area contributed by atoms with Gasteiger partial charge in [-0.1, -0.05) is 22.0 Å². The normalized spacial score (nSPS) is 10.7. The van der Waals surface area contributed by atoms with E-state index in [1.54, 1.807) is 0 Å². The van der Waals surface area contributed by atoms with Gasteiger partial charge in [0.1, 0.15) is 0 Å². The van der Waals surface area contributed by atoms with Gasteiger partial charge in [0.15, 0.2) is 0 Å². The first-order valence-electron chi connectivity index (χ1n) is 4.20. The van der Waals surface area contributed by atoms with Gasteiger partial charge in [0.2, 0.25) is 0 Å². The van der Waals surface area contributed by atoms with Crippen LogP contribution in [0.1, 0.15) is 11.4 Å². The molecule has 0 saturated carbocycles. The van der Waals surface area contributed by atoms with Crippen LogP contribution in [-0.2, 0) is 0 Å². The van der Waals surface area contributed by atoms with Crippen molar-refractivity contribution in [3.05, 3.63) is 40.1 Å². The smallest absolute Gasteiger partial charge is 0.0454 e. The van der Waals surface area contributed by atoms with Gasteiger partial charge in [0.05, 0.1) is 0 Å². The van der Waals surface area contributed by atoms with Gasteiger partial charge in [-0.2, -0.15) is 0 Å². The van der Waals surface area contributed by atoms with Crippen LogP contribution in [0.2, 0.25) is 0 Å². The summed E-state index contributed by atoms with van der Waals surface area (Å²) in [7, 11) is 0. The number of aryl methyl sites for hydroxylation is 2. The highest BCUT2D eigenvalue weighted by atomic mass is 79.9. The maximum atomic E-state index is 4.42. The minimum atomic E-state index is 1.07. The molecule has 1 heterocycles. The maximum Gasteiger partial charge on any atom is 0.0454 e. The van der Waals surface area contributed by atoms with Crippen LogP contribution in [0.4, 0.5) is 0 Å². The number of rotatable bonds is 0. The SMILES string of the molecule is Cc1cc2cc(Br)ccc2c(C)n1. The third-order valence-corrected chi connectivity index (χ3v) is 2.61. The molecule has 0 aliphatic rings. The fraction of sp³-hybridized carbons (Fsp3) is 0.182. The Morgan fingerprint density at radius 3 is 2.69 bits per heavy atom. The Hall–Kier alpha value is -0.890. The average Bonchev–Trinajstić information content (AvgIpc) is 2.02. The van der Waals surface area contributed by atoms with Crippen LogP contribution in [0, 0.1) is 13.8 Å². The summed E-state index contributed by atoms with van der Waals surface area (Å²) in [5, 5.41) is 2.48. The largest absolute Gasteiger partial charge is 0.258 e. The standard InChI is InChI=1S/C11H10BrN/c1-7-5-9-6-10(12)3-4-11(9)8(2)13-7/h3-6H,1-2H3. The lowest BCUT2D eigenvalue weighted by atomic mass is 10.1. The van der Waals surface area contributed by atoms with E-state index in [0.29, 0.717) is 0 Å². The molecule has 2 aromatic rings. The molecule has 0 amide bonds. The average molecular weight is 236 g/mol. The van der Waals surface area contributed by atoms with Crippen LogP contribution in [0.25, 0.3) is 10.8 Å². The van der Waals surface area contributed by atoms with E-state index in [9.17, 15) is 0 Å². The number of aromatic nitrogens is 1. The predicted molar refractivity (Wildman–Crippen MR) is 58.9 cm³/mol. The summed E-state index contributed by atoms with van der Waals surface area (Å²) in [6.07, 6.45) is 0. The Morgan fingerprint density at radius 1 is 1.15 bits per heavy atom. The Bertz CT molecular complexity index is 458. The summed E-state index contributed by atoms with van der Waals surface area (Å²) in [6, 6.07) is 8.37. The Balaban J connectivity index is 2.86. The lowest BCUT2D eigenvalue weighted by Crippen LogP contribution is -1.87. The topological polar surface area (TPSA) is 12.9 Å². The molecular weight excluding hydrogens is 226 g/mol. The number of fused-ring (bicyclic) bond motifs is 1. The van der Waals surface area contributed by atoms with Crippen LogP contribution in [-0.4, -0.2) is 4.98 Å². The molecule has 0 saturated heterocycles. The molecule has 0 fully saturated rings. The Kier molecular flexibility index (Phi) is 2.08. The number of halogens is 1. The van der Waals surface area contributed by atoms with Gasteiger partial charge in [-0.25, -0.2) is 0 Å². The van der Waals surface area contributed by atoms with E-state index < -0.39 is 0 Å². The lowest BCUT2D eigenvalue weighted by Gasteiger charge is -2.03. The van der Waals surface area contributed by atoms with Crippen molar-refractivity contribution < 1.29 is 0 Å². The molecule has 0 aliphatic heterocycles. The number of hydrogen-bond acceptors (Lipinski definition) is 1. The van der Waals surface area contributed by atoms with Gasteiger partial charge in [-0.15, -0.1) is 0 Å². The number of nitrogens with zero attached hydrogens (tertiary/aromatic N) is 1. The van der Waals surface area contributed by atoms with Crippen molar-refractivity contribution in [2.45, 2.75) is 13.8 Å². The first kappa shape index (κ1) is 8.70. The summed E-state index contributed by atoms with van der Waals surface area (Å²) in [5.41, 5.74) is 2.17. The third-order valence-electron chi connectivity index (χ3n) is 2.11. The number of benzene rings is 1. The molecular formula is C11H10BrN. The van der Waals surface area contributed by atoms with Gasteiger partial charge in [-0.3, -0.25) is 4.98 Å². The maximum absolute atomic E-state index is 4.42. The fourth-order valence-corrected chi connectivity index (χ4v) is 1.94. The molecule has 0 spiro atoms. The van der Waals surface area contributed by atoms with E-state index >= 15 is 0 Å². The van der Waals surface area contributed by atoms with E-state index in [2.05, 4.69) is 39.1 Å².